The van der Waals surface area contributed by atoms with Crippen molar-refractivity contribution in [2.75, 3.05) is 18.0 Å². The molecular formula is C32H38ClN3O5S. The monoisotopic (exact) mass is 611 g/mol. The van der Waals surface area contributed by atoms with Crippen molar-refractivity contribution in [1.29, 1.82) is 0 Å². The first-order valence-corrected chi connectivity index (χ1v) is 16.0. The zero-order valence-electron chi connectivity index (χ0n) is 24.3. The Bertz CT molecular complexity index is 1490. The molecule has 0 aromatic heterocycles. The molecule has 42 heavy (non-hydrogen) atoms. The number of ether oxygens (including phenoxy) is 1. The van der Waals surface area contributed by atoms with Crippen LogP contribution in [0, 0.1) is 6.92 Å². The van der Waals surface area contributed by atoms with Gasteiger partial charge in [-0.15, -0.1) is 0 Å². The summed E-state index contributed by atoms with van der Waals surface area (Å²) in [5.41, 5.74) is 1.67. The molecular weight excluding hydrogens is 574 g/mol. The van der Waals surface area contributed by atoms with Crippen molar-refractivity contribution < 1.29 is 22.7 Å². The highest BCUT2D eigenvalue weighted by Gasteiger charge is 2.34. The third-order valence-corrected chi connectivity index (χ3v) is 9.77. The smallest absolute Gasteiger partial charge is 0.264 e. The number of sulfonamides is 1. The van der Waals surface area contributed by atoms with Crippen LogP contribution in [0.5, 0.6) is 5.75 Å². The minimum Gasteiger partial charge on any atom is -0.495 e. The van der Waals surface area contributed by atoms with Gasteiger partial charge in [0, 0.05) is 17.6 Å². The van der Waals surface area contributed by atoms with Crippen LogP contribution in [0.4, 0.5) is 5.69 Å². The molecule has 0 radical (unpaired) electrons. The number of hydrogen-bond acceptors (Lipinski definition) is 5. The first-order valence-electron chi connectivity index (χ1n) is 14.2. The standard InChI is InChI=1S/C32H38ClN3O5S/c1-23-18-19-30(41-3)29(20-23)36(42(39,40)27-15-8-5-9-16-27)22-31(37)35(21-25-12-10-11-17-28(25)33)24(2)32(38)34-26-13-6-4-7-14-26/h5,8-12,15-20,24,26H,4,6-7,13-14,21-22H2,1-3H3,(H,34,38)/t24-/m0/s1. The number of carbonyl (C=O) groups excluding carboxylic acids is 2. The van der Waals surface area contributed by atoms with Crippen LogP contribution in [-0.2, 0) is 26.2 Å². The Kier molecular flexibility index (Phi) is 10.5. The molecule has 1 atom stereocenters. The molecule has 0 spiro atoms. The van der Waals surface area contributed by atoms with Crippen LogP contribution in [0.2, 0.25) is 5.02 Å². The minimum absolute atomic E-state index is 0.0297. The van der Waals surface area contributed by atoms with E-state index in [4.69, 9.17) is 16.3 Å². The fraction of sp³-hybridized carbons (Fsp3) is 0.375. The molecule has 3 aromatic carbocycles. The van der Waals surface area contributed by atoms with Gasteiger partial charge in [-0.1, -0.05) is 73.3 Å². The number of amides is 2. The molecule has 10 heteroatoms. The van der Waals surface area contributed by atoms with E-state index in [-0.39, 0.29) is 29.1 Å². The van der Waals surface area contributed by atoms with E-state index in [1.807, 2.05) is 6.92 Å². The number of hydrogen-bond donors (Lipinski definition) is 1. The SMILES string of the molecule is COc1ccc(C)cc1N(CC(=O)N(Cc1ccccc1Cl)[C@@H](C)C(=O)NC1CCCCC1)S(=O)(=O)c1ccccc1. The number of benzene rings is 3. The van der Waals surface area contributed by atoms with E-state index in [2.05, 4.69) is 5.32 Å². The zero-order chi connectivity index (χ0) is 30.3. The van der Waals surface area contributed by atoms with E-state index in [1.54, 1.807) is 67.6 Å². The van der Waals surface area contributed by atoms with Crippen LogP contribution in [0.15, 0.2) is 77.7 Å². The normalized spacial score (nSPS) is 14.6. The molecule has 1 aliphatic carbocycles. The maximum atomic E-state index is 14.2. The second-order valence-electron chi connectivity index (χ2n) is 10.6. The molecule has 3 aromatic rings. The van der Waals surface area contributed by atoms with E-state index in [1.165, 1.54) is 24.1 Å². The van der Waals surface area contributed by atoms with Crippen molar-refractivity contribution >= 4 is 39.1 Å². The summed E-state index contributed by atoms with van der Waals surface area (Å²) >= 11 is 6.46. The first-order chi connectivity index (χ1) is 20.1. The topological polar surface area (TPSA) is 96.0 Å². The molecule has 0 bridgehead atoms. The Labute approximate surface area is 253 Å². The van der Waals surface area contributed by atoms with Gasteiger partial charge in [-0.2, -0.15) is 0 Å². The average molecular weight is 612 g/mol. The second kappa shape index (κ2) is 14.1. The molecule has 4 rings (SSSR count). The summed E-state index contributed by atoms with van der Waals surface area (Å²) in [7, 11) is -2.75. The van der Waals surface area contributed by atoms with Crippen molar-refractivity contribution in [2.24, 2.45) is 0 Å². The van der Waals surface area contributed by atoms with Gasteiger partial charge in [0.15, 0.2) is 0 Å². The Morgan fingerprint density at radius 2 is 1.67 bits per heavy atom. The Morgan fingerprint density at radius 1 is 1.00 bits per heavy atom. The molecule has 0 unspecified atom stereocenters. The number of aryl methyl sites for hydroxylation is 1. The number of rotatable bonds is 11. The van der Waals surface area contributed by atoms with E-state index in [0.717, 1.165) is 42.0 Å². The zero-order valence-corrected chi connectivity index (χ0v) is 25.8. The number of halogens is 1. The highest BCUT2D eigenvalue weighted by Crippen LogP contribution is 2.34. The summed E-state index contributed by atoms with van der Waals surface area (Å²) in [6, 6.07) is 19.4. The fourth-order valence-corrected chi connectivity index (χ4v) is 6.82. The van der Waals surface area contributed by atoms with Gasteiger partial charge >= 0.3 is 0 Å². The van der Waals surface area contributed by atoms with Gasteiger partial charge in [-0.3, -0.25) is 13.9 Å². The van der Waals surface area contributed by atoms with Crippen molar-refractivity contribution in [3.63, 3.8) is 0 Å². The predicted molar refractivity (Wildman–Crippen MR) is 165 cm³/mol. The van der Waals surface area contributed by atoms with Crippen molar-refractivity contribution in [1.82, 2.24) is 10.2 Å². The van der Waals surface area contributed by atoms with E-state index < -0.39 is 28.5 Å². The highest BCUT2D eigenvalue weighted by atomic mass is 35.5. The lowest BCUT2D eigenvalue weighted by atomic mass is 9.95. The Morgan fingerprint density at radius 3 is 2.33 bits per heavy atom. The summed E-state index contributed by atoms with van der Waals surface area (Å²) in [6.45, 7) is 2.97. The number of nitrogens with one attached hydrogen (secondary N) is 1. The second-order valence-corrected chi connectivity index (χ2v) is 12.9. The molecule has 1 aliphatic rings. The largest absolute Gasteiger partial charge is 0.495 e. The number of carbonyl (C=O) groups is 2. The summed E-state index contributed by atoms with van der Waals surface area (Å²) in [4.78, 5) is 29.1. The van der Waals surface area contributed by atoms with Crippen molar-refractivity contribution in [3.8, 4) is 5.75 Å². The van der Waals surface area contributed by atoms with Gasteiger partial charge in [0.1, 0.15) is 18.3 Å². The molecule has 0 heterocycles. The first kappa shape index (κ1) is 31.4. The third-order valence-electron chi connectivity index (χ3n) is 7.63. The third kappa shape index (κ3) is 7.44. The minimum atomic E-state index is -4.20. The quantitative estimate of drug-likeness (QED) is 0.299. The van der Waals surface area contributed by atoms with E-state index >= 15 is 0 Å². The molecule has 0 aliphatic heterocycles. The molecule has 1 N–H and O–H groups in total. The average Bonchev–Trinajstić information content (AvgIpc) is 2.99. The summed E-state index contributed by atoms with van der Waals surface area (Å²) in [5.74, 6) is -0.536. The van der Waals surface area contributed by atoms with Gasteiger partial charge in [-0.05, 0) is 68.1 Å². The van der Waals surface area contributed by atoms with Crippen LogP contribution in [0.3, 0.4) is 0 Å². The van der Waals surface area contributed by atoms with Crippen molar-refractivity contribution in [2.45, 2.75) is 69.5 Å². The lowest BCUT2D eigenvalue weighted by Crippen LogP contribution is -2.53. The van der Waals surface area contributed by atoms with Crippen LogP contribution in [0.1, 0.15) is 50.2 Å². The van der Waals surface area contributed by atoms with Crippen molar-refractivity contribution in [3.05, 3.63) is 88.9 Å². The summed E-state index contributed by atoms with van der Waals surface area (Å²) in [6.07, 6.45) is 5.03. The van der Waals surface area contributed by atoms with Crippen LogP contribution in [-0.4, -0.2) is 50.9 Å². The van der Waals surface area contributed by atoms with Crippen LogP contribution >= 0.6 is 11.6 Å². The maximum absolute atomic E-state index is 14.2. The maximum Gasteiger partial charge on any atom is 0.264 e. The van der Waals surface area contributed by atoms with Gasteiger partial charge < -0.3 is 15.0 Å². The molecule has 8 nitrogen and oxygen atoms in total. The van der Waals surface area contributed by atoms with E-state index in [9.17, 15) is 18.0 Å². The van der Waals surface area contributed by atoms with Gasteiger partial charge in [0.05, 0.1) is 17.7 Å². The highest BCUT2D eigenvalue weighted by molar-refractivity contribution is 7.92. The lowest BCUT2D eigenvalue weighted by molar-refractivity contribution is -0.139. The Balaban J connectivity index is 1.73. The van der Waals surface area contributed by atoms with Gasteiger partial charge in [-0.25, -0.2) is 8.42 Å². The number of anilines is 1. The van der Waals surface area contributed by atoms with Crippen LogP contribution in [0.25, 0.3) is 0 Å². The van der Waals surface area contributed by atoms with Gasteiger partial charge in [0.2, 0.25) is 11.8 Å². The molecule has 1 fully saturated rings. The summed E-state index contributed by atoms with van der Waals surface area (Å²) < 4.78 is 34.7. The number of methoxy groups -OCH3 is 1. The van der Waals surface area contributed by atoms with Crippen LogP contribution < -0.4 is 14.4 Å². The molecule has 1 saturated carbocycles. The fourth-order valence-electron chi connectivity index (χ4n) is 5.19. The van der Waals surface area contributed by atoms with Gasteiger partial charge in [0.25, 0.3) is 10.0 Å². The summed E-state index contributed by atoms with van der Waals surface area (Å²) in [5, 5.41) is 3.55. The molecule has 0 saturated heterocycles. The molecule has 2 amide bonds. The molecule has 224 valence electrons. The lowest BCUT2D eigenvalue weighted by Gasteiger charge is -2.33. The Hall–Kier alpha value is -3.56. The number of nitrogens with zero attached hydrogens (tertiary/aromatic N) is 2. The predicted octanol–water partition coefficient (Wildman–Crippen LogP) is 5.72. The van der Waals surface area contributed by atoms with E-state index in [0.29, 0.717) is 16.3 Å².